The van der Waals surface area contributed by atoms with E-state index < -0.39 is 17.5 Å². The average Bonchev–Trinajstić information content (AvgIpc) is 3.21. The molecule has 3 aromatic rings. The monoisotopic (exact) mass is 448 g/mol. The Balaban J connectivity index is 0.000000243. The third-order valence-electron chi connectivity index (χ3n) is 5.06. The van der Waals surface area contributed by atoms with Gasteiger partial charge in [0.1, 0.15) is 12.5 Å². The molecule has 2 unspecified atom stereocenters. The van der Waals surface area contributed by atoms with Crippen LogP contribution in [0.3, 0.4) is 0 Å². The third-order valence-corrected chi connectivity index (χ3v) is 5.06. The van der Waals surface area contributed by atoms with E-state index in [1.54, 1.807) is 12.3 Å². The predicted octanol–water partition coefficient (Wildman–Crippen LogP) is 2.19. The number of halogens is 2. The fourth-order valence-corrected chi connectivity index (χ4v) is 3.53. The fraction of sp³-hybridized carbons (Fsp3) is 0.318. The molecule has 2 atom stereocenters. The minimum Gasteiger partial charge on any atom is -0.494 e. The zero-order chi connectivity index (χ0) is 23.4. The third kappa shape index (κ3) is 4.70. The van der Waals surface area contributed by atoms with Crippen LogP contribution in [-0.4, -0.2) is 31.2 Å². The molecule has 8 nitrogen and oxygen atoms in total. The van der Waals surface area contributed by atoms with Crippen molar-refractivity contribution in [3.63, 3.8) is 0 Å². The lowest BCUT2D eigenvalue weighted by molar-refractivity contribution is -0.885. The summed E-state index contributed by atoms with van der Waals surface area (Å²) in [7, 11) is 2.69. The molecule has 3 heterocycles. The number of nitrogens with two attached hydrogens (primary N) is 1. The minimum atomic E-state index is -0.940. The zero-order valence-corrected chi connectivity index (χ0v) is 17.9. The molecular weight excluding hydrogens is 424 g/mol. The summed E-state index contributed by atoms with van der Waals surface area (Å²) >= 11 is 0. The molecule has 1 fully saturated rings. The Hall–Kier alpha value is -3.53. The number of amides is 1. The summed E-state index contributed by atoms with van der Waals surface area (Å²) in [6.45, 7) is 2.01. The molecule has 32 heavy (non-hydrogen) atoms. The van der Waals surface area contributed by atoms with E-state index in [1.807, 2.05) is 6.92 Å². The molecule has 0 spiro atoms. The van der Waals surface area contributed by atoms with Gasteiger partial charge < -0.3 is 20.2 Å². The van der Waals surface area contributed by atoms with Crippen molar-refractivity contribution in [2.24, 2.45) is 5.73 Å². The number of pyridine rings is 2. The van der Waals surface area contributed by atoms with Gasteiger partial charge in [-0.25, -0.2) is 4.39 Å². The largest absolute Gasteiger partial charge is 0.494 e. The quantitative estimate of drug-likeness (QED) is 0.595. The van der Waals surface area contributed by atoms with Gasteiger partial charge in [-0.1, -0.05) is 6.07 Å². The molecule has 1 aliphatic rings. The van der Waals surface area contributed by atoms with Crippen molar-refractivity contribution in [2.75, 3.05) is 14.2 Å². The van der Waals surface area contributed by atoms with Crippen molar-refractivity contribution >= 4 is 16.8 Å². The van der Waals surface area contributed by atoms with Crippen LogP contribution < -0.4 is 25.5 Å². The minimum absolute atomic E-state index is 0.0218. The van der Waals surface area contributed by atoms with Gasteiger partial charge in [0.2, 0.25) is 12.0 Å². The van der Waals surface area contributed by atoms with Gasteiger partial charge in [0.05, 0.1) is 24.8 Å². The van der Waals surface area contributed by atoms with Crippen LogP contribution >= 0.6 is 0 Å². The molecule has 0 bridgehead atoms. The van der Waals surface area contributed by atoms with Gasteiger partial charge in [-0.3, -0.25) is 14.4 Å². The summed E-state index contributed by atoms with van der Waals surface area (Å²) in [4.78, 5) is 32.4. The number of primary amides is 1. The van der Waals surface area contributed by atoms with E-state index in [1.165, 1.54) is 37.1 Å². The van der Waals surface area contributed by atoms with E-state index >= 15 is 0 Å². The van der Waals surface area contributed by atoms with Crippen LogP contribution in [0.2, 0.25) is 0 Å². The summed E-state index contributed by atoms with van der Waals surface area (Å²) < 4.78 is 36.3. The van der Waals surface area contributed by atoms with Crippen molar-refractivity contribution in [3.8, 4) is 5.75 Å². The van der Waals surface area contributed by atoms with Gasteiger partial charge in [0, 0.05) is 22.6 Å². The SMILES string of the molecule is CO[n+]1ccc2[nH]c(C3CCC(C)O3)cc(=O)c2c1C(N)=O.COc1cccc(F)c1F. The average molecular weight is 448 g/mol. The number of hydrogen-bond acceptors (Lipinski definition) is 5. The molecule has 1 amide bonds. The maximum atomic E-state index is 12.5. The Kier molecular flexibility index (Phi) is 7.04. The number of rotatable bonds is 4. The molecule has 1 aromatic carbocycles. The standard InChI is InChI=1S/C15H17N3O4.C7H6F2O/c1-8-3-4-12(22-8)10-7-11(19)13-9(17-10)5-6-18(21-2)14(13)15(16)20;1-10-6-4-2-3-5(8)7(6)9/h5-8,12H,3-4H2,1-2H3,(H2,16,20);2-4H,1H3/p+1. The number of fused-ring (bicyclic) bond motifs is 1. The van der Waals surface area contributed by atoms with E-state index in [4.69, 9.17) is 15.3 Å². The van der Waals surface area contributed by atoms with Crippen molar-refractivity contribution in [1.29, 1.82) is 0 Å². The number of ether oxygens (including phenoxy) is 2. The second kappa shape index (κ2) is 9.73. The second-order valence-electron chi connectivity index (χ2n) is 7.18. The Labute approximate surface area is 182 Å². The predicted molar refractivity (Wildman–Crippen MR) is 111 cm³/mol. The number of H-pyrrole nitrogens is 1. The smallest absolute Gasteiger partial charge is 0.334 e. The molecule has 0 radical (unpaired) electrons. The summed E-state index contributed by atoms with van der Waals surface area (Å²) in [6.07, 6.45) is 3.40. The summed E-state index contributed by atoms with van der Waals surface area (Å²) in [5.74, 6) is -2.62. The van der Waals surface area contributed by atoms with Crippen LogP contribution in [-0.2, 0) is 4.74 Å². The lowest BCUT2D eigenvalue weighted by Crippen LogP contribution is -2.48. The van der Waals surface area contributed by atoms with Crippen molar-refractivity contribution in [1.82, 2.24) is 4.98 Å². The van der Waals surface area contributed by atoms with Gasteiger partial charge in [-0.15, -0.1) is 0 Å². The Morgan fingerprint density at radius 3 is 2.56 bits per heavy atom. The van der Waals surface area contributed by atoms with Crippen molar-refractivity contribution in [3.05, 3.63) is 69.8 Å². The highest BCUT2D eigenvalue weighted by Crippen LogP contribution is 2.31. The highest BCUT2D eigenvalue weighted by atomic mass is 19.2. The number of hydrogen-bond donors (Lipinski definition) is 2. The first-order valence-corrected chi connectivity index (χ1v) is 9.86. The Bertz CT molecular complexity index is 1200. The van der Waals surface area contributed by atoms with Gasteiger partial charge in [-0.2, -0.15) is 4.39 Å². The normalized spacial score (nSPS) is 17.5. The van der Waals surface area contributed by atoms with Crippen molar-refractivity contribution < 1.29 is 32.6 Å². The number of aromatic amines is 1. The van der Waals surface area contributed by atoms with E-state index in [0.717, 1.165) is 18.9 Å². The zero-order valence-electron chi connectivity index (χ0n) is 17.9. The lowest BCUT2D eigenvalue weighted by Gasteiger charge is -2.12. The second-order valence-corrected chi connectivity index (χ2v) is 7.18. The number of carbonyl (C=O) groups is 1. The lowest BCUT2D eigenvalue weighted by atomic mass is 10.1. The van der Waals surface area contributed by atoms with E-state index in [-0.39, 0.29) is 34.5 Å². The van der Waals surface area contributed by atoms with Gasteiger partial charge in [0.15, 0.2) is 17.0 Å². The maximum absolute atomic E-state index is 12.5. The molecule has 1 aliphatic heterocycles. The number of nitrogens with one attached hydrogen (secondary N) is 1. The van der Waals surface area contributed by atoms with Crippen LogP contribution in [0.25, 0.3) is 10.9 Å². The van der Waals surface area contributed by atoms with Crippen LogP contribution in [0.1, 0.15) is 42.1 Å². The van der Waals surface area contributed by atoms with Crippen LogP contribution in [0, 0.1) is 11.6 Å². The van der Waals surface area contributed by atoms with E-state index in [9.17, 15) is 18.4 Å². The summed E-state index contributed by atoms with van der Waals surface area (Å²) in [6, 6.07) is 6.93. The Morgan fingerprint density at radius 1 is 1.25 bits per heavy atom. The summed E-state index contributed by atoms with van der Waals surface area (Å²) in [5, 5.41) is 0.214. The highest BCUT2D eigenvalue weighted by molar-refractivity contribution is 6.01. The molecule has 2 aromatic heterocycles. The van der Waals surface area contributed by atoms with E-state index in [0.29, 0.717) is 11.2 Å². The fourth-order valence-electron chi connectivity index (χ4n) is 3.53. The van der Waals surface area contributed by atoms with Crippen molar-refractivity contribution in [2.45, 2.75) is 32.0 Å². The molecular formula is C22H24F2N3O5+. The van der Waals surface area contributed by atoms with Gasteiger partial charge >= 0.3 is 11.6 Å². The molecule has 4 rings (SSSR count). The van der Waals surface area contributed by atoms with Crippen LogP contribution in [0.15, 0.2) is 41.3 Å². The first kappa shape index (κ1) is 23.1. The number of aromatic nitrogens is 2. The van der Waals surface area contributed by atoms with Crippen LogP contribution in [0.4, 0.5) is 8.78 Å². The van der Waals surface area contributed by atoms with Gasteiger partial charge in [0.25, 0.3) is 0 Å². The molecule has 0 aliphatic carbocycles. The molecule has 3 N–H and O–H groups in total. The first-order valence-electron chi connectivity index (χ1n) is 9.86. The highest BCUT2D eigenvalue weighted by Gasteiger charge is 2.28. The molecule has 0 saturated carbocycles. The number of benzene rings is 1. The molecule has 10 heteroatoms. The van der Waals surface area contributed by atoms with Gasteiger partial charge in [-0.05, 0) is 31.9 Å². The van der Waals surface area contributed by atoms with E-state index in [2.05, 4.69) is 9.72 Å². The number of methoxy groups -OCH3 is 1. The Morgan fingerprint density at radius 2 is 2.00 bits per heavy atom. The topological polar surface area (TPSA) is 108 Å². The molecule has 1 saturated heterocycles. The number of carbonyl (C=O) groups excluding carboxylic acids is 1. The summed E-state index contributed by atoms with van der Waals surface area (Å²) in [5.41, 5.74) is 6.37. The maximum Gasteiger partial charge on any atom is 0.334 e. The molecule has 170 valence electrons. The first-order chi connectivity index (χ1) is 15.3. The number of nitrogens with zero attached hydrogens (tertiary/aromatic N) is 1. The van der Waals surface area contributed by atoms with Crippen LogP contribution in [0.5, 0.6) is 5.75 Å².